The Bertz CT molecular complexity index is 1110. The summed E-state index contributed by atoms with van der Waals surface area (Å²) in [4.78, 5) is 21.6. The third kappa shape index (κ3) is 6.07. The van der Waals surface area contributed by atoms with Crippen molar-refractivity contribution >= 4 is 42.0 Å². The zero-order chi connectivity index (χ0) is 24.2. The monoisotopic (exact) mass is 470 g/mol. The van der Waals surface area contributed by atoms with E-state index in [-0.39, 0.29) is 11.7 Å². The first-order chi connectivity index (χ1) is 15.5. The van der Waals surface area contributed by atoms with Crippen LogP contribution in [0.2, 0.25) is 0 Å². The molecule has 9 heteroatoms. The molecule has 1 fully saturated rings. The SMILES string of the molecule is C=C(C=N/C=C\C)c1ccc(NC(=O)C(C)(C)c2cccc(N[N+](O)(S)C3CC3)n2)c(F)c1. The zero-order valence-corrected chi connectivity index (χ0v) is 19.8. The quantitative estimate of drug-likeness (QED) is 0.173. The Hall–Kier alpha value is -3.01. The number of rotatable bonds is 9. The standard InChI is InChI=1S/C24H28FN5O2S/c1-5-13-26-15-16(2)17-9-12-20(19(25)14-17)27-23(31)24(3,4)21-7-6-8-22(28-21)29-30(32,33)18-10-11-18/h5-9,12-15,18,32-33H,2,10-11H2,1,3-4H3,(H-,27,28,29,31)/p+1/b13-5-,26-15?. The summed E-state index contributed by atoms with van der Waals surface area (Å²) in [5.41, 5.74) is 3.40. The van der Waals surface area contributed by atoms with Gasteiger partial charge in [0.2, 0.25) is 5.91 Å². The molecule has 1 unspecified atom stereocenters. The molecule has 1 saturated carbocycles. The van der Waals surface area contributed by atoms with Crippen LogP contribution in [-0.2, 0) is 10.2 Å². The van der Waals surface area contributed by atoms with Crippen LogP contribution in [-0.4, -0.2) is 32.5 Å². The summed E-state index contributed by atoms with van der Waals surface area (Å²) < 4.78 is 14.0. The average molecular weight is 471 g/mol. The highest BCUT2D eigenvalue weighted by atomic mass is 32.1. The lowest BCUT2D eigenvalue weighted by atomic mass is 9.87. The number of quaternary nitrogens is 1. The molecule has 0 spiro atoms. The van der Waals surface area contributed by atoms with Crippen molar-refractivity contribution in [2.24, 2.45) is 4.99 Å². The molecule has 1 aromatic carbocycles. The van der Waals surface area contributed by atoms with Gasteiger partial charge in [-0.1, -0.05) is 24.8 Å². The number of thiol groups is 1. The predicted molar refractivity (Wildman–Crippen MR) is 132 cm³/mol. The van der Waals surface area contributed by atoms with E-state index in [0.29, 0.717) is 22.6 Å². The van der Waals surface area contributed by atoms with Gasteiger partial charge in [0.15, 0.2) is 11.9 Å². The van der Waals surface area contributed by atoms with Crippen LogP contribution < -0.4 is 10.7 Å². The molecule has 0 bridgehead atoms. The number of hydrogen-bond acceptors (Lipinski definition) is 6. The number of amides is 1. The molecule has 1 heterocycles. The second-order valence-electron chi connectivity index (χ2n) is 8.46. The number of pyridine rings is 1. The van der Waals surface area contributed by atoms with Crippen molar-refractivity contribution in [2.45, 2.75) is 45.1 Å². The Morgan fingerprint density at radius 3 is 2.73 bits per heavy atom. The number of anilines is 2. The molecule has 1 aromatic heterocycles. The molecule has 3 rings (SSSR count). The van der Waals surface area contributed by atoms with Gasteiger partial charge in [0.25, 0.3) is 0 Å². The molecular formula is C24H29FN5O2S+. The zero-order valence-electron chi connectivity index (χ0n) is 18.9. The van der Waals surface area contributed by atoms with Gasteiger partial charge in [-0.05, 0) is 60.3 Å². The minimum absolute atomic E-state index is 0.00786. The van der Waals surface area contributed by atoms with Crippen LogP contribution in [0.5, 0.6) is 0 Å². The predicted octanol–water partition coefficient (Wildman–Crippen LogP) is 5.29. The fraction of sp³-hybridized carbons (Fsp3) is 0.292. The number of carbonyl (C=O) groups is 1. The van der Waals surface area contributed by atoms with Crippen LogP contribution in [0, 0.1) is 5.82 Å². The summed E-state index contributed by atoms with van der Waals surface area (Å²) >= 11 is 4.23. The van der Waals surface area contributed by atoms with Crippen molar-refractivity contribution in [3.63, 3.8) is 0 Å². The molecule has 0 radical (unpaired) electrons. The summed E-state index contributed by atoms with van der Waals surface area (Å²) in [5.74, 6) is -0.626. The number of nitrogens with zero attached hydrogens (tertiary/aromatic N) is 3. The molecule has 33 heavy (non-hydrogen) atoms. The minimum atomic E-state index is -1.08. The van der Waals surface area contributed by atoms with E-state index in [1.807, 2.05) is 6.92 Å². The van der Waals surface area contributed by atoms with Crippen molar-refractivity contribution in [2.75, 3.05) is 10.7 Å². The van der Waals surface area contributed by atoms with Gasteiger partial charge in [-0.15, -0.1) is 0 Å². The van der Waals surface area contributed by atoms with Gasteiger partial charge in [0, 0.05) is 25.3 Å². The lowest BCUT2D eigenvalue weighted by Gasteiger charge is -2.26. The van der Waals surface area contributed by atoms with Gasteiger partial charge < -0.3 is 5.32 Å². The average Bonchev–Trinajstić information content (AvgIpc) is 3.61. The number of allylic oxidation sites excluding steroid dienone is 2. The first-order valence-corrected chi connectivity index (χ1v) is 11.0. The number of hydrogen-bond donors (Lipinski definition) is 4. The Kier molecular flexibility index (Phi) is 7.36. The molecule has 3 N–H and O–H groups in total. The van der Waals surface area contributed by atoms with Crippen LogP contribution in [0.25, 0.3) is 5.57 Å². The lowest BCUT2D eigenvalue weighted by Crippen LogP contribution is -2.43. The van der Waals surface area contributed by atoms with Crippen LogP contribution in [0.4, 0.5) is 15.9 Å². The maximum Gasteiger partial charge on any atom is 0.236 e. The molecule has 2 aromatic rings. The summed E-state index contributed by atoms with van der Waals surface area (Å²) in [6.45, 7) is 9.12. The largest absolute Gasteiger partial charge is 0.323 e. The number of benzene rings is 1. The summed E-state index contributed by atoms with van der Waals surface area (Å²) in [5, 5.41) is 13.0. The second-order valence-corrected chi connectivity index (χ2v) is 9.07. The Morgan fingerprint density at radius 1 is 1.36 bits per heavy atom. The molecule has 1 amide bonds. The number of halogens is 1. The third-order valence-corrected chi connectivity index (χ3v) is 5.77. The summed E-state index contributed by atoms with van der Waals surface area (Å²) in [6.07, 6.45) is 6.65. The van der Waals surface area contributed by atoms with E-state index in [0.717, 1.165) is 12.8 Å². The molecule has 1 atom stereocenters. The highest BCUT2D eigenvalue weighted by Crippen LogP contribution is 2.34. The first-order valence-electron chi connectivity index (χ1n) is 10.6. The Morgan fingerprint density at radius 2 is 2.09 bits per heavy atom. The van der Waals surface area contributed by atoms with Crippen molar-refractivity contribution in [3.05, 3.63) is 72.3 Å². The molecule has 174 valence electrons. The molecular weight excluding hydrogens is 441 g/mol. The molecule has 0 aliphatic heterocycles. The highest BCUT2D eigenvalue weighted by molar-refractivity contribution is 7.74. The topological polar surface area (TPSA) is 86.6 Å². The van der Waals surface area contributed by atoms with Gasteiger partial charge >= 0.3 is 0 Å². The van der Waals surface area contributed by atoms with Crippen molar-refractivity contribution in [1.29, 1.82) is 0 Å². The van der Waals surface area contributed by atoms with Gasteiger partial charge in [-0.2, -0.15) is 10.6 Å². The number of nitrogens with one attached hydrogen (secondary N) is 2. The van der Waals surface area contributed by atoms with E-state index in [4.69, 9.17) is 0 Å². The van der Waals surface area contributed by atoms with Crippen molar-refractivity contribution < 1.29 is 18.6 Å². The number of hydroxylamine groups is 1. The van der Waals surface area contributed by atoms with Crippen LogP contribution in [0.15, 0.2) is 60.2 Å². The maximum atomic E-state index is 14.7. The van der Waals surface area contributed by atoms with Crippen molar-refractivity contribution in [3.8, 4) is 0 Å². The second kappa shape index (κ2) is 9.86. The van der Waals surface area contributed by atoms with Gasteiger partial charge in [-0.3, -0.25) is 9.79 Å². The summed E-state index contributed by atoms with van der Waals surface area (Å²) in [6, 6.07) is 9.58. The third-order valence-electron chi connectivity index (χ3n) is 5.35. The maximum absolute atomic E-state index is 14.7. The molecule has 1 aliphatic carbocycles. The normalized spacial score (nSPS) is 16.1. The van der Waals surface area contributed by atoms with E-state index < -0.39 is 21.3 Å². The lowest BCUT2D eigenvalue weighted by molar-refractivity contribution is -0.981. The first kappa shape index (κ1) is 24.6. The van der Waals surface area contributed by atoms with Gasteiger partial charge in [0.1, 0.15) is 18.6 Å². The summed E-state index contributed by atoms with van der Waals surface area (Å²) in [7, 11) is 0. The van der Waals surface area contributed by atoms with E-state index in [1.165, 1.54) is 18.3 Å². The Balaban J connectivity index is 1.74. The minimum Gasteiger partial charge on any atom is -0.323 e. The van der Waals surface area contributed by atoms with Crippen LogP contribution >= 0.6 is 12.8 Å². The highest BCUT2D eigenvalue weighted by Gasteiger charge is 2.44. The van der Waals surface area contributed by atoms with Crippen LogP contribution in [0.1, 0.15) is 44.9 Å². The fourth-order valence-electron chi connectivity index (χ4n) is 3.04. The van der Waals surface area contributed by atoms with Crippen molar-refractivity contribution in [1.82, 2.24) is 4.98 Å². The van der Waals surface area contributed by atoms with E-state index in [2.05, 4.69) is 40.1 Å². The number of aliphatic imine (C=N–C) groups is 1. The van der Waals surface area contributed by atoms with Crippen LogP contribution in [0.3, 0.4) is 0 Å². The Labute approximate surface area is 198 Å². The number of carbonyl (C=O) groups excluding carboxylic acids is 1. The van der Waals surface area contributed by atoms with Gasteiger partial charge in [-0.25, -0.2) is 9.37 Å². The molecule has 1 aliphatic rings. The smallest absolute Gasteiger partial charge is 0.236 e. The molecule has 7 nitrogen and oxygen atoms in total. The van der Waals surface area contributed by atoms with Gasteiger partial charge in [0.05, 0.1) is 16.8 Å². The van der Waals surface area contributed by atoms with E-state index in [1.54, 1.807) is 50.4 Å². The molecule has 0 saturated heterocycles. The fourth-order valence-corrected chi connectivity index (χ4v) is 3.38. The number of aromatic nitrogens is 1. The van der Waals surface area contributed by atoms with E-state index >= 15 is 0 Å². The van der Waals surface area contributed by atoms with E-state index in [9.17, 15) is 14.4 Å².